The molecule has 0 fully saturated rings. The molecule has 0 amide bonds. The van der Waals surface area contributed by atoms with Crippen LogP contribution >= 0.6 is 0 Å². The largest absolute Gasteiger partial charge is 0.316 e. The van der Waals surface area contributed by atoms with Gasteiger partial charge in [-0.25, -0.2) is 9.97 Å². The number of aromatic nitrogens is 4. The average molecular weight is 629 g/mol. The summed E-state index contributed by atoms with van der Waals surface area (Å²) in [7, 11) is 0. The van der Waals surface area contributed by atoms with Crippen molar-refractivity contribution in [3.63, 3.8) is 0 Å². The maximum atomic E-state index is 5.55. The van der Waals surface area contributed by atoms with Crippen molar-refractivity contribution in [2.45, 2.75) is 13.8 Å². The highest BCUT2D eigenvalue weighted by atomic mass is 15.2. The summed E-state index contributed by atoms with van der Waals surface area (Å²) < 4.78 is 4.54. The topological polar surface area (TPSA) is 35.6 Å². The summed E-state index contributed by atoms with van der Waals surface area (Å²) in [6, 6.07) is 49.7. The fourth-order valence-electron chi connectivity index (χ4n) is 7.88. The molecule has 1 aliphatic carbocycles. The van der Waals surface area contributed by atoms with Crippen LogP contribution < -0.4 is 10.6 Å². The third-order valence-corrected chi connectivity index (χ3v) is 9.99. The summed E-state index contributed by atoms with van der Waals surface area (Å²) in [5, 5.41) is 8.04. The Balaban J connectivity index is 1.30. The zero-order valence-corrected chi connectivity index (χ0v) is 27.3. The van der Waals surface area contributed by atoms with Crippen molar-refractivity contribution in [3.05, 3.63) is 156 Å². The lowest BCUT2D eigenvalue weighted by atomic mass is 9.92. The highest BCUT2D eigenvalue weighted by Crippen LogP contribution is 2.39. The van der Waals surface area contributed by atoms with E-state index in [0.29, 0.717) is 5.95 Å². The Hall–Kier alpha value is -6.26. The minimum absolute atomic E-state index is 0.153. The first-order chi connectivity index (χ1) is 24.0. The first-order valence-corrected chi connectivity index (χ1v) is 16.8. The van der Waals surface area contributed by atoms with Gasteiger partial charge in [0.25, 0.3) is 0 Å². The van der Waals surface area contributed by atoms with E-state index in [1.165, 1.54) is 27.1 Å². The molecule has 6 aromatic carbocycles. The average Bonchev–Trinajstić information content (AvgIpc) is 3.81. The Morgan fingerprint density at radius 3 is 2.10 bits per heavy atom. The molecule has 3 heterocycles. The van der Waals surface area contributed by atoms with Crippen LogP contribution in [-0.2, 0) is 0 Å². The molecule has 3 aromatic heterocycles. The molecule has 1 aliphatic rings. The van der Waals surface area contributed by atoms with Gasteiger partial charge in [-0.05, 0) is 58.3 Å². The molecule has 10 rings (SSSR count). The van der Waals surface area contributed by atoms with Gasteiger partial charge in [0.2, 0.25) is 5.95 Å². The summed E-state index contributed by atoms with van der Waals surface area (Å²) in [6.45, 7) is 4.48. The van der Waals surface area contributed by atoms with Crippen LogP contribution in [0, 0.1) is 5.41 Å². The number of para-hydroxylation sites is 2. The molecule has 232 valence electrons. The monoisotopic (exact) mass is 628 g/mol. The Morgan fingerprint density at radius 1 is 0.510 bits per heavy atom. The number of nitrogens with zero attached hydrogens (tertiary/aromatic N) is 4. The standard InChI is InChI=1S/C45H32N4/c1-45(2)27-38-39(28-45)46-44(47-42(38)35-20-9-8-18-33(35)32-21-12-14-29-13-6-7-17-31(29)32)49-41-22-11-10-19-34(41)36-23-24-40-37(43(36)49)25-26-48(40)30-15-4-3-5-16-30/h3-28H,1-2H3. The van der Waals surface area contributed by atoms with Crippen molar-refractivity contribution < 1.29 is 0 Å². The summed E-state index contributed by atoms with van der Waals surface area (Å²) >= 11 is 0. The van der Waals surface area contributed by atoms with E-state index < -0.39 is 0 Å². The molecule has 0 spiro atoms. The minimum Gasteiger partial charge on any atom is -0.316 e. The van der Waals surface area contributed by atoms with Crippen LogP contribution in [0.15, 0.2) is 146 Å². The number of benzene rings is 6. The van der Waals surface area contributed by atoms with Crippen LogP contribution in [0.3, 0.4) is 0 Å². The molecule has 0 atom stereocenters. The second kappa shape index (κ2) is 10.4. The number of rotatable bonds is 4. The third-order valence-electron chi connectivity index (χ3n) is 9.99. The smallest absolute Gasteiger partial charge is 0.235 e. The van der Waals surface area contributed by atoms with E-state index in [2.05, 4.69) is 181 Å². The van der Waals surface area contributed by atoms with Gasteiger partial charge in [0, 0.05) is 44.2 Å². The van der Waals surface area contributed by atoms with E-state index in [1.54, 1.807) is 0 Å². The molecule has 0 saturated heterocycles. The Labute approximate surface area is 283 Å². The lowest BCUT2D eigenvalue weighted by Gasteiger charge is -2.14. The van der Waals surface area contributed by atoms with E-state index in [1.807, 2.05) is 0 Å². The molecule has 0 radical (unpaired) electrons. The van der Waals surface area contributed by atoms with Crippen molar-refractivity contribution >= 4 is 55.6 Å². The van der Waals surface area contributed by atoms with Gasteiger partial charge >= 0.3 is 0 Å². The second-order valence-electron chi connectivity index (χ2n) is 13.6. The highest BCUT2D eigenvalue weighted by molar-refractivity contribution is 6.18. The quantitative estimate of drug-likeness (QED) is 0.195. The molecule has 0 unspecified atom stereocenters. The zero-order valence-electron chi connectivity index (χ0n) is 27.3. The minimum atomic E-state index is -0.153. The number of hydrogen-bond donors (Lipinski definition) is 0. The van der Waals surface area contributed by atoms with Crippen molar-refractivity contribution in [2.75, 3.05) is 0 Å². The Morgan fingerprint density at radius 2 is 1.22 bits per heavy atom. The molecule has 0 saturated carbocycles. The Kier molecular flexibility index (Phi) is 5.89. The summed E-state index contributed by atoms with van der Waals surface area (Å²) in [6.07, 6.45) is 6.78. The summed E-state index contributed by atoms with van der Waals surface area (Å²) in [4.78, 5) is 10.9. The SMILES string of the molecule is CC1(C)C=c2nc(-n3c4ccccc4c4ccc5c(ccn5-c5ccccc5)c43)nc(-c3ccccc3-c3cccc4ccccc34)c2=C1. The van der Waals surface area contributed by atoms with Crippen LogP contribution in [0.5, 0.6) is 0 Å². The first kappa shape index (κ1) is 27.8. The number of hydrogen-bond acceptors (Lipinski definition) is 2. The summed E-state index contributed by atoms with van der Waals surface area (Å²) in [5.74, 6) is 0.676. The number of fused-ring (bicyclic) bond motifs is 7. The molecular formula is C45H32N4. The van der Waals surface area contributed by atoms with Gasteiger partial charge in [0.1, 0.15) is 0 Å². The lowest BCUT2D eigenvalue weighted by molar-refractivity contribution is 0.723. The van der Waals surface area contributed by atoms with E-state index in [4.69, 9.17) is 9.97 Å². The molecule has 0 N–H and O–H groups in total. The molecule has 4 heteroatoms. The molecule has 49 heavy (non-hydrogen) atoms. The van der Waals surface area contributed by atoms with Crippen molar-refractivity contribution in [2.24, 2.45) is 5.41 Å². The van der Waals surface area contributed by atoms with Crippen molar-refractivity contribution in [1.29, 1.82) is 0 Å². The third kappa shape index (κ3) is 4.24. The fourth-order valence-corrected chi connectivity index (χ4v) is 7.88. The van der Waals surface area contributed by atoms with Gasteiger partial charge in [-0.2, -0.15) is 0 Å². The maximum Gasteiger partial charge on any atom is 0.235 e. The maximum absolute atomic E-state index is 5.55. The predicted octanol–water partition coefficient (Wildman–Crippen LogP) is 9.61. The van der Waals surface area contributed by atoms with Gasteiger partial charge < -0.3 is 4.57 Å². The van der Waals surface area contributed by atoms with Crippen molar-refractivity contribution in [3.8, 4) is 34.0 Å². The van der Waals surface area contributed by atoms with Gasteiger partial charge in [-0.3, -0.25) is 4.57 Å². The van der Waals surface area contributed by atoms with E-state index >= 15 is 0 Å². The van der Waals surface area contributed by atoms with Gasteiger partial charge in [-0.1, -0.05) is 129 Å². The normalized spacial score (nSPS) is 13.6. The molecule has 0 bridgehead atoms. The van der Waals surface area contributed by atoms with Crippen molar-refractivity contribution in [1.82, 2.24) is 19.1 Å². The van der Waals surface area contributed by atoms with Gasteiger partial charge in [0.15, 0.2) is 0 Å². The van der Waals surface area contributed by atoms with Crippen LogP contribution in [0.25, 0.3) is 89.7 Å². The van der Waals surface area contributed by atoms with Gasteiger partial charge in [0.05, 0.1) is 27.6 Å². The lowest BCUT2D eigenvalue weighted by Crippen LogP contribution is -2.31. The molecule has 9 aromatic rings. The van der Waals surface area contributed by atoms with E-state index in [-0.39, 0.29) is 5.41 Å². The van der Waals surface area contributed by atoms with Crippen LogP contribution in [0.1, 0.15) is 13.8 Å². The fraction of sp³-hybridized carbons (Fsp3) is 0.0667. The first-order valence-electron chi connectivity index (χ1n) is 16.8. The molecule has 4 nitrogen and oxygen atoms in total. The zero-order chi connectivity index (χ0) is 32.7. The second-order valence-corrected chi connectivity index (χ2v) is 13.6. The molecular weight excluding hydrogens is 597 g/mol. The van der Waals surface area contributed by atoms with Crippen LogP contribution in [-0.4, -0.2) is 19.1 Å². The Bertz CT molecular complexity index is 2900. The molecule has 0 aliphatic heterocycles. The van der Waals surface area contributed by atoms with E-state index in [0.717, 1.165) is 55.0 Å². The van der Waals surface area contributed by atoms with Crippen LogP contribution in [0.2, 0.25) is 0 Å². The van der Waals surface area contributed by atoms with E-state index in [9.17, 15) is 0 Å². The summed E-state index contributed by atoms with van der Waals surface area (Å²) in [5.41, 5.74) is 8.74. The highest BCUT2D eigenvalue weighted by Gasteiger charge is 2.24. The predicted molar refractivity (Wildman–Crippen MR) is 204 cm³/mol. The van der Waals surface area contributed by atoms with Crippen LogP contribution in [0.4, 0.5) is 0 Å². The van der Waals surface area contributed by atoms with Gasteiger partial charge in [-0.15, -0.1) is 0 Å².